The first-order valence-electron chi connectivity index (χ1n) is 17.6. The second kappa shape index (κ2) is 27.3. The number of allylic oxidation sites excluding steroid dienone is 4. The van der Waals surface area contributed by atoms with Crippen LogP contribution in [0.4, 0.5) is 4.39 Å². The minimum atomic E-state index is -0.482. The molecule has 0 radical (unpaired) electrons. The van der Waals surface area contributed by atoms with Crippen LogP contribution in [0.2, 0.25) is 5.02 Å². The second-order valence-electron chi connectivity index (χ2n) is 10.9. The van der Waals surface area contributed by atoms with Crippen molar-refractivity contribution in [2.45, 2.75) is 134 Å². The molecule has 5 nitrogen and oxygen atoms in total. The number of fused-ring (bicyclic) bond motifs is 1. The third kappa shape index (κ3) is 15.6. The number of carbonyl (C=O) groups excluding carboxylic acids is 1. The maximum absolute atomic E-state index is 13.9. The van der Waals surface area contributed by atoms with Crippen LogP contribution in [0.15, 0.2) is 60.0 Å². The number of nitrogens with zero attached hydrogens (tertiary/aromatic N) is 1. The van der Waals surface area contributed by atoms with E-state index in [-0.39, 0.29) is 23.7 Å². The lowest BCUT2D eigenvalue weighted by molar-refractivity contribution is -0.120. The summed E-state index contributed by atoms with van der Waals surface area (Å²) in [4.78, 5) is 13.6. The van der Waals surface area contributed by atoms with Gasteiger partial charge >= 0.3 is 0 Å². The number of ketones is 1. The molecule has 0 saturated carbocycles. The molecule has 0 saturated heterocycles. The molecule has 262 valence electrons. The number of rotatable bonds is 12. The zero-order valence-corrected chi connectivity index (χ0v) is 31.8. The lowest BCUT2D eigenvalue weighted by Gasteiger charge is -2.27. The van der Waals surface area contributed by atoms with E-state index in [9.17, 15) is 9.18 Å². The van der Waals surface area contributed by atoms with Crippen molar-refractivity contribution in [1.82, 2.24) is 15.5 Å². The molecule has 0 aliphatic carbocycles. The Morgan fingerprint density at radius 2 is 1.70 bits per heavy atom. The fourth-order valence-corrected chi connectivity index (χ4v) is 4.61. The number of nitrogens with one attached hydrogen (secondary N) is 2. The maximum Gasteiger partial charge on any atom is 0.214 e. The number of halogens is 2. The molecule has 1 aromatic heterocycles. The summed E-state index contributed by atoms with van der Waals surface area (Å²) in [7, 11) is 0. The number of carbonyl (C=O) groups is 1. The number of ether oxygens (including phenoxy) is 1. The Labute approximate surface area is 286 Å². The van der Waals surface area contributed by atoms with Gasteiger partial charge in [-0.2, -0.15) is 9.49 Å². The Hall–Kier alpha value is -2.86. The highest BCUT2D eigenvalue weighted by Gasteiger charge is 2.30. The molecule has 1 aliphatic rings. The average Bonchev–Trinajstić information content (AvgIpc) is 3.52. The molecule has 0 bridgehead atoms. The average molecular weight is 662 g/mol. The van der Waals surface area contributed by atoms with Crippen LogP contribution >= 0.6 is 11.6 Å². The van der Waals surface area contributed by atoms with Gasteiger partial charge in [0.1, 0.15) is 5.75 Å². The molecule has 1 aromatic carbocycles. The van der Waals surface area contributed by atoms with Crippen LogP contribution in [0.1, 0.15) is 139 Å². The molecule has 0 amide bonds. The van der Waals surface area contributed by atoms with Gasteiger partial charge in [0.25, 0.3) is 0 Å². The lowest BCUT2D eigenvalue weighted by atomic mass is 9.82. The first-order valence-corrected chi connectivity index (χ1v) is 17.9. The molecule has 46 heavy (non-hydrogen) atoms. The van der Waals surface area contributed by atoms with Gasteiger partial charge < -0.3 is 10.1 Å². The van der Waals surface area contributed by atoms with Crippen molar-refractivity contribution in [3.63, 3.8) is 0 Å². The first kappa shape index (κ1) is 45.3. The van der Waals surface area contributed by atoms with Crippen molar-refractivity contribution in [3.05, 3.63) is 82.1 Å². The van der Waals surface area contributed by atoms with E-state index < -0.39 is 5.95 Å². The zero-order chi connectivity index (χ0) is 35.7. The summed E-state index contributed by atoms with van der Waals surface area (Å²) in [6.07, 6.45) is 13.3. The molecule has 0 fully saturated rings. The SMILES string of the molecule is C=C(C(=C\NC(C)c1cn[nH]c1F)/C(=C\C)C(=O)C1COc2ccc(Cl)cc2C1)C(C)CC.CC.CC.CCC.CCCCCC. The number of hydrogen-bond acceptors (Lipinski definition) is 4. The van der Waals surface area contributed by atoms with Crippen molar-refractivity contribution in [2.24, 2.45) is 11.8 Å². The summed E-state index contributed by atoms with van der Waals surface area (Å²) < 4.78 is 19.8. The van der Waals surface area contributed by atoms with Crippen LogP contribution in [-0.4, -0.2) is 22.6 Å². The molecule has 7 heteroatoms. The van der Waals surface area contributed by atoms with E-state index in [1.165, 1.54) is 38.3 Å². The highest BCUT2D eigenvalue weighted by Crippen LogP contribution is 2.34. The van der Waals surface area contributed by atoms with Crippen LogP contribution in [0, 0.1) is 17.8 Å². The molecule has 3 unspecified atom stereocenters. The summed E-state index contributed by atoms with van der Waals surface area (Å²) in [6, 6.07) is 5.13. The number of unbranched alkanes of at least 4 members (excludes halogenated alkanes) is 3. The van der Waals surface area contributed by atoms with Gasteiger partial charge in [-0.05, 0) is 61.9 Å². The van der Waals surface area contributed by atoms with E-state index in [0.717, 1.165) is 28.9 Å². The Kier molecular flexibility index (Phi) is 26.8. The van der Waals surface area contributed by atoms with Gasteiger partial charge in [-0.25, -0.2) is 0 Å². The third-order valence-corrected chi connectivity index (χ3v) is 7.45. The van der Waals surface area contributed by atoms with E-state index in [4.69, 9.17) is 16.3 Å². The maximum atomic E-state index is 13.9. The molecule has 2 aromatic rings. The number of aromatic amines is 1. The Bertz CT molecular complexity index is 1170. The summed E-state index contributed by atoms with van der Waals surface area (Å²) in [5, 5.41) is 9.89. The standard InChI is InChI=1S/C26H31ClFN3O2.C6H14.C3H8.2C2H6/c1-6-15(3)16(4)22(12-29-17(5)23-13-30-31-26(23)28)21(7-2)25(32)19-10-18-11-20(27)8-9-24(18)33-14-19;1-3-5-6-4-2;1-3-2;2*1-2/h7-9,11-13,15,17,19,29H,4,6,10,14H2,1-3,5H3,(H,30,31);3-6H2,1-2H3;3H2,1-2H3;2*1-2H3/b21-7+,22-12+;;;;. The Morgan fingerprint density at radius 1 is 1.11 bits per heavy atom. The van der Waals surface area contributed by atoms with E-state index in [1.807, 2.05) is 59.8 Å². The molecular weight excluding hydrogens is 597 g/mol. The summed E-state index contributed by atoms with van der Waals surface area (Å²) in [6.45, 7) is 29.1. The van der Waals surface area contributed by atoms with Crippen LogP contribution < -0.4 is 10.1 Å². The zero-order valence-electron chi connectivity index (χ0n) is 31.1. The highest BCUT2D eigenvalue weighted by molar-refractivity contribution is 6.30. The predicted molar refractivity (Wildman–Crippen MR) is 198 cm³/mol. The number of hydrogen-bond donors (Lipinski definition) is 2. The van der Waals surface area contributed by atoms with Crippen LogP contribution in [0.5, 0.6) is 5.75 Å². The Balaban J connectivity index is 0. The van der Waals surface area contributed by atoms with Gasteiger partial charge in [-0.3, -0.25) is 9.89 Å². The number of aromatic nitrogens is 2. The predicted octanol–water partition coefficient (Wildman–Crippen LogP) is 12.2. The van der Waals surface area contributed by atoms with Crippen LogP contribution in [-0.2, 0) is 11.2 Å². The van der Waals surface area contributed by atoms with Gasteiger partial charge in [0, 0.05) is 27.9 Å². The minimum Gasteiger partial charge on any atom is -0.493 e. The quantitative estimate of drug-likeness (QED) is 0.135. The smallest absolute Gasteiger partial charge is 0.214 e. The Morgan fingerprint density at radius 3 is 2.17 bits per heavy atom. The number of Topliss-reactive ketones (excluding diaryl/α,β-unsaturated/α-hetero) is 1. The van der Waals surface area contributed by atoms with Gasteiger partial charge in [-0.1, -0.05) is 126 Å². The monoisotopic (exact) mass is 661 g/mol. The van der Waals surface area contributed by atoms with E-state index in [1.54, 1.807) is 12.3 Å². The van der Waals surface area contributed by atoms with Crippen LogP contribution in [0.25, 0.3) is 0 Å². The van der Waals surface area contributed by atoms with Gasteiger partial charge in [-0.15, -0.1) is 0 Å². The molecular formula is C39H65ClFN3O2. The number of benzene rings is 1. The normalized spacial score (nSPS) is 14.9. The van der Waals surface area contributed by atoms with Crippen molar-refractivity contribution in [1.29, 1.82) is 0 Å². The largest absolute Gasteiger partial charge is 0.493 e. The van der Waals surface area contributed by atoms with Crippen molar-refractivity contribution in [3.8, 4) is 5.75 Å². The third-order valence-electron chi connectivity index (χ3n) is 7.22. The molecule has 1 aliphatic heterocycles. The van der Waals surface area contributed by atoms with E-state index in [0.29, 0.717) is 29.2 Å². The first-order chi connectivity index (χ1) is 22.1. The van der Waals surface area contributed by atoms with Gasteiger partial charge in [0.05, 0.1) is 24.8 Å². The molecule has 3 atom stereocenters. The fourth-order valence-electron chi connectivity index (χ4n) is 4.42. The second-order valence-corrected chi connectivity index (χ2v) is 11.3. The molecule has 2 heterocycles. The van der Waals surface area contributed by atoms with Crippen LogP contribution in [0.3, 0.4) is 0 Å². The fraction of sp³-hybridized carbons (Fsp3) is 0.590. The van der Waals surface area contributed by atoms with Gasteiger partial charge in [0.2, 0.25) is 5.95 Å². The van der Waals surface area contributed by atoms with Crippen molar-refractivity contribution < 1.29 is 13.9 Å². The topological polar surface area (TPSA) is 67.0 Å². The van der Waals surface area contributed by atoms with E-state index >= 15 is 0 Å². The summed E-state index contributed by atoms with van der Waals surface area (Å²) in [5.41, 5.74) is 3.50. The van der Waals surface area contributed by atoms with Gasteiger partial charge in [0.15, 0.2) is 5.78 Å². The summed E-state index contributed by atoms with van der Waals surface area (Å²) in [5.74, 6) is 0.110. The molecule has 0 spiro atoms. The summed E-state index contributed by atoms with van der Waals surface area (Å²) >= 11 is 6.15. The number of H-pyrrole nitrogens is 1. The highest BCUT2D eigenvalue weighted by atomic mass is 35.5. The molecule has 3 rings (SSSR count). The minimum absolute atomic E-state index is 0.0113. The lowest BCUT2D eigenvalue weighted by Crippen LogP contribution is -2.30. The van der Waals surface area contributed by atoms with Crippen molar-refractivity contribution >= 4 is 17.4 Å². The van der Waals surface area contributed by atoms with Crippen molar-refractivity contribution in [2.75, 3.05) is 6.61 Å². The molecule has 2 N–H and O–H groups in total. The van der Waals surface area contributed by atoms with E-state index in [2.05, 4.69) is 63.6 Å².